The molecule has 0 heterocycles. The first-order valence-electron chi connectivity index (χ1n) is 10.1. The van der Waals surface area contributed by atoms with E-state index in [1.807, 2.05) is 0 Å². The smallest absolute Gasteiger partial charge is 0.00448 e. The van der Waals surface area contributed by atoms with E-state index < -0.39 is 0 Å². The van der Waals surface area contributed by atoms with E-state index in [0.717, 1.165) is 36.0 Å². The zero-order valence-electron chi connectivity index (χ0n) is 14.7. The molecule has 0 bridgehead atoms. The van der Waals surface area contributed by atoms with E-state index in [4.69, 9.17) is 5.41 Å². The summed E-state index contributed by atoms with van der Waals surface area (Å²) in [4.78, 5) is 0. The molecule has 0 aliphatic heterocycles. The molecule has 4 aliphatic rings. The molecule has 0 spiro atoms. The maximum Gasteiger partial charge on any atom is -0.00448 e. The van der Waals surface area contributed by atoms with Gasteiger partial charge in [0.2, 0.25) is 0 Å². The Morgan fingerprint density at radius 3 is 2.50 bits per heavy atom. The zero-order valence-corrected chi connectivity index (χ0v) is 14.7. The van der Waals surface area contributed by atoms with Gasteiger partial charge in [-0.15, -0.1) is 0 Å². The fraction of sp³-hybridized carbons (Fsp3) is 0.952. The van der Waals surface area contributed by atoms with Gasteiger partial charge in [0.25, 0.3) is 0 Å². The normalized spacial score (nSPS) is 54.2. The summed E-state index contributed by atoms with van der Waals surface area (Å²) in [6, 6.07) is 0. The minimum Gasteiger partial charge on any atom is -0.313 e. The van der Waals surface area contributed by atoms with E-state index in [0.29, 0.717) is 10.8 Å². The third-order valence-electron chi connectivity index (χ3n) is 9.18. The van der Waals surface area contributed by atoms with Crippen molar-refractivity contribution in [3.05, 3.63) is 0 Å². The van der Waals surface area contributed by atoms with E-state index >= 15 is 0 Å². The lowest BCUT2D eigenvalue weighted by Gasteiger charge is -2.60. The largest absolute Gasteiger partial charge is 0.313 e. The SMILES string of the molecule is C[C@]12CC[C@H]3[C@@H](CCC4CCCC[C@@]43C)[C@@H]1CC[C@@H]2CC=N. The first kappa shape index (κ1) is 15.2. The minimum atomic E-state index is 0.566. The van der Waals surface area contributed by atoms with Crippen LogP contribution in [0, 0.1) is 45.8 Å². The molecule has 0 aromatic carbocycles. The van der Waals surface area contributed by atoms with Gasteiger partial charge >= 0.3 is 0 Å². The fourth-order valence-electron chi connectivity index (χ4n) is 7.93. The Morgan fingerprint density at radius 2 is 1.68 bits per heavy atom. The summed E-state index contributed by atoms with van der Waals surface area (Å²) in [5.41, 5.74) is 1.25. The summed E-state index contributed by atoms with van der Waals surface area (Å²) >= 11 is 0. The highest BCUT2D eigenvalue weighted by atomic mass is 14.6. The fourth-order valence-corrected chi connectivity index (χ4v) is 7.93. The highest BCUT2D eigenvalue weighted by Crippen LogP contribution is 2.67. The number of nitrogens with one attached hydrogen (secondary N) is 1. The number of rotatable bonds is 2. The van der Waals surface area contributed by atoms with Gasteiger partial charge in [-0.3, -0.25) is 0 Å². The van der Waals surface area contributed by atoms with E-state index in [1.54, 1.807) is 6.21 Å². The molecule has 1 heteroatoms. The molecule has 1 nitrogen and oxygen atoms in total. The van der Waals surface area contributed by atoms with Crippen LogP contribution in [0.5, 0.6) is 0 Å². The molecule has 7 atom stereocenters. The van der Waals surface area contributed by atoms with Crippen LogP contribution in [0.1, 0.15) is 84.5 Å². The number of fused-ring (bicyclic) bond motifs is 5. The average molecular weight is 302 g/mol. The molecule has 0 aromatic rings. The highest BCUT2D eigenvalue weighted by Gasteiger charge is 2.59. The Balaban J connectivity index is 1.60. The van der Waals surface area contributed by atoms with Crippen LogP contribution in [0.4, 0.5) is 0 Å². The molecule has 4 rings (SSSR count). The van der Waals surface area contributed by atoms with Crippen LogP contribution < -0.4 is 0 Å². The summed E-state index contributed by atoms with van der Waals surface area (Å²) in [5.74, 6) is 4.89. The lowest BCUT2D eigenvalue weighted by Crippen LogP contribution is -2.52. The van der Waals surface area contributed by atoms with Crippen molar-refractivity contribution in [2.45, 2.75) is 84.5 Å². The molecule has 4 saturated carbocycles. The monoisotopic (exact) mass is 301 g/mol. The van der Waals surface area contributed by atoms with Gasteiger partial charge in [-0.1, -0.05) is 26.7 Å². The van der Waals surface area contributed by atoms with Gasteiger partial charge in [0.15, 0.2) is 0 Å². The summed E-state index contributed by atoms with van der Waals surface area (Å²) in [7, 11) is 0. The Bertz CT molecular complexity index is 443. The molecule has 1 N–H and O–H groups in total. The second-order valence-electron chi connectivity index (χ2n) is 9.66. The van der Waals surface area contributed by atoms with Crippen molar-refractivity contribution in [1.82, 2.24) is 0 Å². The van der Waals surface area contributed by atoms with Gasteiger partial charge in [0.05, 0.1) is 0 Å². The van der Waals surface area contributed by atoms with Gasteiger partial charge in [-0.05, 0) is 104 Å². The van der Waals surface area contributed by atoms with Crippen molar-refractivity contribution in [3.8, 4) is 0 Å². The molecule has 0 saturated heterocycles. The van der Waals surface area contributed by atoms with E-state index in [2.05, 4.69) is 13.8 Å². The van der Waals surface area contributed by atoms with Gasteiger partial charge in [-0.2, -0.15) is 0 Å². The minimum absolute atomic E-state index is 0.566. The van der Waals surface area contributed by atoms with Crippen molar-refractivity contribution in [3.63, 3.8) is 0 Å². The van der Waals surface area contributed by atoms with Gasteiger partial charge in [-0.25, -0.2) is 0 Å². The third kappa shape index (κ3) is 1.99. The van der Waals surface area contributed by atoms with Gasteiger partial charge < -0.3 is 5.41 Å². The van der Waals surface area contributed by atoms with Crippen molar-refractivity contribution in [1.29, 1.82) is 5.41 Å². The van der Waals surface area contributed by atoms with Gasteiger partial charge in [0, 0.05) is 0 Å². The molecule has 1 unspecified atom stereocenters. The molecule has 0 radical (unpaired) electrons. The lowest BCUT2D eigenvalue weighted by molar-refractivity contribution is -0.110. The quantitative estimate of drug-likeness (QED) is 0.598. The molecule has 124 valence electrons. The van der Waals surface area contributed by atoms with Crippen LogP contribution in [-0.2, 0) is 0 Å². The molecular formula is C21H35N. The van der Waals surface area contributed by atoms with Crippen LogP contribution in [0.3, 0.4) is 0 Å². The summed E-state index contributed by atoms with van der Waals surface area (Å²) < 4.78 is 0. The Hall–Kier alpha value is -0.330. The van der Waals surface area contributed by atoms with Crippen molar-refractivity contribution in [2.24, 2.45) is 40.4 Å². The van der Waals surface area contributed by atoms with Crippen molar-refractivity contribution < 1.29 is 0 Å². The predicted octanol–water partition coefficient (Wildman–Crippen LogP) is 6.08. The molecule has 0 aromatic heterocycles. The van der Waals surface area contributed by atoms with E-state index in [1.165, 1.54) is 64.2 Å². The zero-order chi connectivity index (χ0) is 15.4. The van der Waals surface area contributed by atoms with Crippen LogP contribution in [0.15, 0.2) is 0 Å². The standard InChI is InChI=1S/C21H35N/c1-20-12-4-3-5-15(20)6-8-17-18-9-7-16(11-14-22)21(18,2)13-10-19(17)20/h14-19,22H,3-13H2,1-2H3/t15?,16-,17+,18+,19+,20+,21-/m1/s1. The molecular weight excluding hydrogens is 266 g/mol. The van der Waals surface area contributed by atoms with Crippen LogP contribution in [0.25, 0.3) is 0 Å². The Morgan fingerprint density at radius 1 is 0.864 bits per heavy atom. The number of hydrogen-bond acceptors (Lipinski definition) is 1. The average Bonchev–Trinajstić information content (AvgIpc) is 2.84. The highest BCUT2D eigenvalue weighted by molar-refractivity contribution is 5.53. The molecule has 0 amide bonds. The van der Waals surface area contributed by atoms with Crippen molar-refractivity contribution >= 4 is 6.21 Å². The number of hydrogen-bond donors (Lipinski definition) is 1. The Kier molecular flexibility index (Phi) is 3.70. The maximum atomic E-state index is 7.57. The first-order valence-corrected chi connectivity index (χ1v) is 10.1. The van der Waals surface area contributed by atoms with Crippen LogP contribution >= 0.6 is 0 Å². The molecule has 22 heavy (non-hydrogen) atoms. The molecule has 4 fully saturated rings. The van der Waals surface area contributed by atoms with Gasteiger partial charge in [0.1, 0.15) is 0 Å². The third-order valence-corrected chi connectivity index (χ3v) is 9.18. The summed E-state index contributed by atoms with van der Waals surface area (Å²) in [5, 5.41) is 7.57. The predicted molar refractivity (Wildman–Crippen MR) is 93.2 cm³/mol. The summed E-state index contributed by atoms with van der Waals surface area (Å²) in [6.45, 7) is 5.28. The van der Waals surface area contributed by atoms with Crippen LogP contribution in [-0.4, -0.2) is 6.21 Å². The summed E-state index contributed by atoms with van der Waals surface area (Å²) in [6.07, 6.45) is 17.7. The second kappa shape index (κ2) is 5.35. The second-order valence-corrected chi connectivity index (χ2v) is 9.66. The maximum absolute atomic E-state index is 7.57. The molecule has 4 aliphatic carbocycles. The van der Waals surface area contributed by atoms with E-state index in [9.17, 15) is 0 Å². The van der Waals surface area contributed by atoms with E-state index in [-0.39, 0.29) is 0 Å². The first-order chi connectivity index (χ1) is 10.6. The topological polar surface area (TPSA) is 23.9 Å². The lowest BCUT2D eigenvalue weighted by atomic mass is 9.45. The van der Waals surface area contributed by atoms with Crippen LogP contribution in [0.2, 0.25) is 0 Å². The van der Waals surface area contributed by atoms with Crippen molar-refractivity contribution in [2.75, 3.05) is 0 Å². The Labute approximate surface area is 137 Å².